The molecule has 0 radical (unpaired) electrons. The fourth-order valence-corrected chi connectivity index (χ4v) is 3.45. The summed E-state index contributed by atoms with van der Waals surface area (Å²) in [7, 11) is 1.68. The molecule has 0 amide bonds. The zero-order chi connectivity index (χ0) is 17.8. The molecule has 26 heavy (non-hydrogen) atoms. The van der Waals surface area contributed by atoms with Crippen molar-refractivity contribution in [1.82, 2.24) is 19.3 Å². The lowest BCUT2D eigenvalue weighted by molar-refractivity contribution is 0.0605. The van der Waals surface area contributed by atoms with Crippen molar-refractivity contribution in [3.05, 3.63) is 37.1 Å². The Kier molecular flexibility index (Phi) is 5.17. The number of hydrogen-bond donors (Lipinski definition) is 0. The van der Waals surface area contributed by atoms with Gasteiger partial charge in [0.25, 0.3) is 0 Å². The smallest absolute Gasteiger partial charge is 0.145 e. The maximum Gasteiger partial charge on any atom is 0.145 e. The van der Waals surface area contributed by atoms with Crippen LogP contribution >= 0.6 is 0 Å². The first-order valence-corrected chi connectivity index (χ1v) is 9.03. The number of imidazole rings is 1. The third kappa shape index (κ3) is 3.45. The number of aromatic nitrogens is 4. The number of methoxy groups -OCH3 is 1. The van der Waals surface area contributed by atoms with Crippen LogP contribution < -0.4 is 4.74 Å². The molecule has 1 fully saturated rings. The molecule has 4 rings (SSSR count). The Bertz CT molecular complexity index is 838. The summed E-state index contributed by atoms with van der Waals surface area (Å²) in [6.45, 7) is 3.61. The first-order chi connectivity index (χ1) is 12.9. The number of rotatable bonds is 7. The molecule has 0 unspecified atom stereocenters. The lowest BCUT2D eigenvalue weighted by atomic mass is 10.0. The second-order valence-corrected chi connectivity index (χ2v) is 6.54. The first kappa shape index (κ1) is 17.1. The third-order valence-electron chi connectivity index (χ3n) is 4.84. The van der Waals surface area contributed by atoms with E-state index in [1.165, 1.54) is 0 Å². The van der Waals surface area contributed by atoms with Crippen LogP contribution in [0.15, 0.2) is 37.1 Å². The van der Waals surface area contributed by atoms with E-state index in [2.05, 4.69) is 14.8 Å². The van der Waals surface area contributed by atoms with Gasteiger partial charge < -0.3 is 18.8 Å². The van der Waals surface area contributed by atoms with Crippen LogP contribution in [0.3, 0.4) is 0 Å². The molecule has 3 heterocycles. The van der Waals surface area contributed by atoms with E-state index in [1.807, 2.05) is 29.1 Å². The molecule has 1 aliphatic heterocycles. The number of ether oxygens (including phenoxy) is 3. The van der Waals surface area contributed by atoms with E-state index in [1.54, 1.807) is 19.6 Å². The third-order valence-corrected chi connectivity index (χ3v) is 4.84. The standard InChI is InChI=1S/C19H24N4O3/c1-24-10-11-26-18-3-2-17(22-7-6-20-14-22)16-12-21-23(19(16)18)13-15-4-8-25-9-5-15/h2-3,6-7,12,14-15H,4-5,8-11,13H2,1H3. The van der Waals surface area contributed by atoms with Crippen LogP contribution in [0.5, 0.6) is 5.75 Å². The molecule has 0 spiro atoms. The number of nitrogens with zero attached hydrogens (tertiary/aromatic N) is 4. The Hall–Kier alpha value is -2.38. The molecule has 0 bridgehead atoms. The summed E-state index contributed by atoms with van der Waals surface area (Å²) in [4.78, 5) is 4.16. The van der Waals surface area contributed by atoms with Crippen LogP contribution in [0.1, 0.15) is 12.8 Å². The van der Waals surface area contributed by atoms with Crippen molar-refractivity contribution in [1.29, 1.82) is 0 Å². The van der Waals surface area contributed by atoms with Crippen molar-refractivity contribution in [2.75, 3.05) is 33.5 Å². The fourth-order valence-electron chi connectivity index (χ4n) is 3.45. The quantitative estimate of drug-likeness (QED) is 0.609. The van der Waals surface area contributed by atoms with Crippen molar-refractivity contribution in [3.8, 4) is 11.4 Å². The number of benzene rings is 1. The van der Waals surface area contributed by atoms with E-state index in [4.69, 9.17) is 14.2 Å². The van der Waals surface area contributed by atoms with E-state index in [-0.39, 0.29) is 0 Å². The molecule has 2 aromatic heterocycles. The minimum Gasteiger partial charge on any atom is -0.489 e. The topological polar surface area (TPSA) is 63.3 Å². The van der Waals surface area contributed by atoms with Crippen LogP contribution in [0.25, 0.3) is 16.6 Å². The van der Waals surface area contributed by atoms with E-state index < -0.39 is 0 Å². The Morgan fingerprint density at radius 1 is 1.23 bits per heavy atom. The van der Waals surface area contributed by atoms with E-state index >= 15 is 0 Å². The van der Waals surface area contributed by atoms with Crippen molar-refractivity contribution in [3.63, 3.8) is 0 Å². The van der Waals surface area contributed by atoms with E-state index in [9.17, 15) is 0 Å². The van der Waals surface area contributed by atoms with Crippen LogP contribution in [-0.2, 0) is 16.0 Å². The second kappa shape index (κ2) is 7.88. The van der Waals surface area contributed by atoms with Gasteiger partial charge in [-0.25, -0.2) is 4.98 Å². The molecular formula is C19H24N4O3. The lowest BCUT2D eigenvalue weighted by Crippen LogP contribution is -2.21. The Morgan fingerprint density at radius 2 is 2.12 bits per heavy atom. The van der Waals surface area contributed by atoms with Crippen LogP contribution in [-0.4, -0.2) is 52.9 Å². The minimum atomic E-state index is 0.512. The Balaban J connectivity index is 1.72. The predicted octanol–water partition coefficient (Wildman–Crippen LogP) is 2.67. The highest BCUT2D eigenvalue weighted by Gasteiger charge is 2.19. The van der Waals surface area contributed by atoms with Gasteiger partial charge in [0.05, 0.1) is 24.8 Å². The Morgan fingerprint density at radius 3 is 2.88 bits per heavy atom. The van der Waals surface area contributed by atoms with Gasteiger partial charge in [0.2, 0.25) is 0 Å². The van der Waals surface area contributed by atoms with Gasteiger partial charge in [-0.15, -0.1) is 0 Å². The maximum atomic E-state index is 5.98. The van der Waals surface area contributed by atoms with Crippen LogP contribution in [0, 0.1) is 5.92 Å². The molecule has 0 saturated carbocycles. The van der Waals surface area contributed by atoms with Crippen molar-refractivity contribution in [2.45, 2.75) is 19.4 Å². The summed E-state index contributed by atoms with van der Waals surface area (Å²) >= 11 is 0. The van der Waals surface area contributed by atoms with Crippen molar-refractivity contribution >= 4 is 10.9 Å². The molecule has 1 aliphatic rings. The summed E-state index contributed by atoms with van der Waals surface area (Å²) in [6.07, 6.45) is 9.59. The largest absolute Gasteiger partial charge is 0.489 e. The Labute approximate surface area is 152 Å². The average molecular weight is 356 g/mol. The lowest BCUT2D eigenvalue weighted by Gasteiger charge is -2.22. The summed E-state index contributed by atoms with van der Waals surface area (Å²) in [5, 5.41) is 5.74. The summed E-state index contributed by atoms with van der Waals surface area (Å²) < 4.78 is 20.7. The summed E-state index contributed by atoms with van der Waals surface area (Å²) in [5.74, 6) is 1.42. The van der Waals surface area contributed by atoms with Gasteiger partial charge in [-0.05, 0) is 30.9 Å². The highest BCUT2D eigenvalue weighted by Crippen LogP contribution is 2.32. The molecule has 138 valence electrons. The molecule has 0 atom stereocenters. The van der Waals surface area contributed by atoms with Crippen molar-refractivity contribution < 1.29 is 14.2 Å². The molecule has 3 aromatic rings. The minimum absolute atomic E-state index is 0.512. The highest BCUT2D eigenvalue weighted by molar-refractivity contribution is 5.92. The van der Waals surface area contributed by atoms with Gasteiger partial charge in [-0.3, -0.25) is 4.68 Å². The molecule has 7 heteroatoms. The van der Waals surface area contributed by atoms with Gasteiger partial charge in [0, 0.05) is 44.6 Å². The van der Waals surface area contributed by atoms with Gasteiger partial charge in [0.1, 0.15) is 17.9 Å². The zero-order valence-corrected chi connectivity index (χ0v) is 15.0. The number of hydrogen-bond acceptors (Lipinski definition) is 5. The molecular weight excluding hydrogens is 332 g/mol. The van der Waals surface area contributed by atoms with Crippen LogP contribution in [0.2, 0.25) is 0 Å². The van der Waals surface area contributed by atoms with E-state index in [0.29, 0.717) is 19.1 Å². The molecule has 0 N–H and O–H groups in total. The molecule has 1 saturated heterocycles. The monoisotopic (exact) mass is 356 g/mol. The summed E-state index contributed by atoms with van der Waals surface area (Å²) in [5.41, 5.74) is 2.08. The molecule has 1 aromatic carbocycles. The molecule has 0 aliphatic carbocycles. The van der Waals surface area contributed by atoms with Crippen molar-refractivity contribution in [2.24, 2.45) is 5.92 Å². The fraction of sp³-hybridized carbons (Fsp3) is 0.474. The normalized spacial score (nSPS) is 15.6. The second-order valence-electron chi connectivity index (χ2n) is 6.54. The average Bonchev–Trinajstić information content (AvgIpc) is 3.34. The van der Waals surface area contributed by atoms with Crippen LogP contribution in [0.4, 0.5) is 0 Å². The van der Waals surface area contributed by atoms with Gasteiger partial charge in [0.15, 0.2) is 0 Å². The summed E-state index contributed by atoms with van der Waals surface area (Å²) in [6, 6.07) is 4.06. The zero-order valence-electron chi connectivity index (χ0n) is 15.0. The van der Waals surface area contributed by atoms with Gasteiger partial charge >= 0.3 is 0 Å². The van der Waals surface area contributed by atoms with Gasteiger partial charge in [-0.1, -0.05) is 0 Å². The predicted molar refractivity (Wildman–Crippen MR) is 97.8 cm³/mol. The SMILES string of the molecule is COCCOc1ccc(-n2ccnc2)c2cnn(CC3CCOCC3)c12. The van der Waals surface area contributed by atoms with E-state index in [0.717, 1.165) is 54.9 Å². The number of fused-ring (bicyclic) bond motifs is 1. The van der Waals surface area contributed by atoms with Gasteiger partial charge in [-0.2, -0.15) is 5.10 Å². The molecule has 7 nitrogen and oxygen atoms in total. The maximum absolute atomic E-state index is 5.98. The highest BCUT2D eigenvalue weighted by atomic mass is 16.5. The first-order valence-electron chi connectivity index (χ1n) is 9.03.